The third-order valence-electron chi connectivity index (χ3n) is 7.15. The number of aliphatic imine (C=N–C) groups is 1. The fourth-order valence-electron chi connectivity index (χ4n) is 5.31. The van der Waals surface area contributed by atoms with Gasteiger partial charge in [0.15, 0.2) is 5.84 Å². The maximum absolute atomic E-state index is 14.4. The molecule has 1 unspecified atom stereocenters. The molecule has 2 aliphatic heterocycles. The highest BCUT2D eigenvalue weighted by atomic mass is 19.1. The van der Waals surface area contributed by atoms with Crippen molar-refractivity contribution in [2.24, 2.45) is 12.0 Å². The Bertz CT molecular complexity index is 1490. The van der Waals surface area contributed by atoms with Crippen LogP contribution in [-0.4, -0.2) is 48.6 Å². The Kier molecular flexibility index (Phi) is 7.03. The van der Waals surface area contributed by atoms with E-state index in [1.54, 1.807) is 36.3 Å². The van der Waals surface area contributed by atoms with Gasteiger partial charge in [-0.15, -0.1) is 0 Å². The molecule has 1 saturated heterocycles. The summed E-state index contributed by atoms with van der Waals surface area (Å²) in [5.41, 5.74) is 2.20. The van der Waals surface area contributed by atoms with E-state index in [0.29, 0.717) is 60.0 Å². The quantitative estimate of drug-likeness (QED) is 0.419. The van der Waals surface area contributed by atoms with Crippen LogP contribution in [0.3, 0.4) is 0 Å². The van der Waals surface area contributed by atoms with E-state index in [4.69, 9.17) is 4.99 Å². The van der Waals surface area contributed by atoms with Crippen LogP contribution in [0.25, 0.3) is 0 Å². The number of benzene rings is 1. The average molecular weight is 535 g/mol. The van der Waals surface area contributed by atoms with Gasteiger partial charge >= 0.3 is 0 Å². The van der Waals surface area contributed by atoms with E-state index in [0.717, 1.165) is 6.07 Å². The monoisotopic (exact) mass is 534 g/mol. The Morgan fingerprint density at radius 3 is 2.56 bits per heavy atom. The van der Waals surface area contributed by atoms with Gasteiger partial charge in [0.1, 0.15) is 23.1 Å². The molecule has 1 N–H and O–H groups in total. The molecule has 0 saturated carbocycles. The second-order valence-electron chi connectivity index (χ2n) is 9.70. The normalized spacial score (nSPS) is 18.5. The van der Waals surface area contributed by atoms with Crippen LogP contribution >= 0.6 is 0 Å². The zero-order chi connectivity index (χ0) is 27.8. The molecule has 1 fully saturated rings. The Morgan fingerprint density at radius 1 is 1.18 bits per heavy atom. The largest absolute Gasteiger partial charge is 0.494 e. The zero-order valence-corrected chi connectivity index (χ0v) is 21.8. The minimum absolute atomic E-state index is 0.148. The summed E-state index contributed by atoms with van der Waals surface area (Å²) in [4.78, 5) is 12.4. The first-order valence-electron chi connectivity index (χ1n) is 12.7. The van der Waals surface area contributed by atoms with Crippen molar-refractivity contribution >= 4 is 5.84 Å². The highest BCUT2D eigenvalue weighted by Crippen LogP contribution is 2.40. The second kappa shape index (κ2) is 10.4. The average Bonchev–Trinajstić information content (AvgIpc) is 3.55. The molecule has 0 amide bonds. The minimum Gasteiger partial charge on any atom is -0.494 e. The fraction of sp³-hybridized carbons (Fsp3) is 0.276. The molecule has 3 aromatic rings. The van der Waals surface area contributed by atoms with E-state index in [1.165, 1.54) is 23.1 Å². The molecule has 202 valence electrons. The zero-order valence-electron chi connectivity index (χ0n) is 21.8. The van der Waals surface area contributed by atoms with Crippen molar-refractivity contribution < 1.29 is 18.3 Å². The lowest BCUT2D eigenvalue weighted by atomic mass is 9.99. The summed E-state index contributed by atoms with van der Waals surface area (Å²) < 4.78 is 44.5. The van der Waals surface area contributed by atoms with Gasteiger partial charge in [-0.25, -0.2) is 18.2 Å². The Hall–Kier alpha value is -4.34. The Labute approximate surface area is 224 Å². The first kappa shape index (κ1) is 26.3. The number of halogens is 3. The number of aliphatic hydroxyl groups excluding tert-OH is 1. The molecule has 0 spiro atoms. The Morgan fingerprint density at radius 2 is 1.92 bits per heavy atom. The van der Waals surface area contributed by atoms with Crippen molar-refractivity contribution in [3.05, 3.63) is 119 Å². The van der Waals surface area contributed by atoms with Gasteiger partial charge in [0, 0.05) is 50.2 Å². The highest BCUT2D eigenvalue weighted by Gasteiger charge is 2.37. The van der Waals surface area contributed by atoms with Crippen LogP contribution in [-0.2, 0) is 7.05 Å². The van der Waals surface area contributed by atoms with E-state index in [-0.39, 0.29) is 23.3 Å². The summed E-state index contributed by atoms with van der Waals surface area (Å²) in [6.45, 7) is 11.2. The molecule has 2 atom stereocenters. The summed E-state index contributed by atoms with van der Waals surface area (Å²) in [6, 6.07) is 7.29. The third-order valence-corrected chi connectivity index (χ3v) is 7.15. The summed E-state index contributed by atoms with van der Waals surface area (Å²) in [5.74, 6) is -1.86. The molecule has 0 radical (unpaired) electrons. The number of aliphatic hydroxyl groups is 1. The first-order valence-corrected chi connectivity index (χ1v) is 12.7. The smallest absolute Gasteiger partial charge is 0.205 e. The topological polar surface area (TPSA) is 69.8 Å². The van der Waals surface area contributed by atoms with Crippen molar-refractivity contribution in [3.8, 4) is 0 Å². The predicted molar refractivity (Wildman–Crippen MR) is 142 cm³/mol. The molecule has 2 aliphatic rings. The van der Waals surface area contributed by atoms with E-state index in [9.17, 15) is 18.3 Å². The van der Waals surface area contributed by atoms with Gasteiger partial charge < -0.3 is 10.0 Å². The van der Waals surface area contributed by atoms with Gasteiger partial charge in [-0.05, 0) is 48.7 Å². The van der Waals surface area contributed by atoms with E-state index in [1.807, 2.05) is 11.8 Å². The van der Waals surface area contributed by atoms with Gasteiger partial charge in [0.2, 0.25) is 5.88 Å². The van der Waals surface area contributed by atoms with Gasteiger partial charge in [-0.2, -0.15) is 5.10 Å². The molecular weight excluding hydrogens is 505 g/mol. The van der Waals surface area contributed by atoms with E-state index >= 15 is 0 Å². The summed E-state index contributed by atoms with van der Waals surface area (Å²) >= 11 is 0. The lowest BCUT2D eigenvalue weighted by Crippen LogP contribution is -2.39. The van der Waals surface area contributed by atoms with Crippen molar-refractivity contribution in [1.29, 1.82) is 0 Å². The summed E-state index contributed by atoms with van der Waals surface area (Å²) in [5, 5.41) is 16.2. The van der Waals surface area contributed by atoms with E-state index in [2.05, 4.69) is 23.2 Å². The molecule has 10 heteroatoms. The maximum atomic E-state index is 14.4. The lowest BCUT2D eigenvalue weighted by molar-refractivity contribution is 0.215. The standard InChI is InChI=1S/C29H29F3N6O/c1-5-25(20-13-21(30)15-22(31)14-20)38-28(24-9-11-36(4)35-24)34-17(2)26(29(38)39)18(3)37-12-8-19(16-37)27-23(32)7-6-10-33-27/h6-7,9-11,13-15,19,25,39H,2-3,5,8,12,16H2,1,4H3/t19?,25-/m0/s1. The van der Waals surface area contributed by atoms with Crippen LogP contribution in [0.1, 0.15) is 48.7 Å². The number of pyridine rings is 1. The molecular formula is C29H29F3N6O. The molecule has 7 nitrogen and oxygen atoms in total. The molecule has 2 aromatic heterocycles. The van der Waals surface area contributed by atoms with Crippen LogP contribution in [0.5, 0.6) is 0 Å². The van der Waals surface area contributed by atoms with Gasteiger partial charge in [-0.1, -0.05) is 20.1 Å². The van der Waals surface area contributed by atoms with Crippen LogP contribution in [0.15, 0.2) is 89.8 Å². The number of hydrogen-bond acceptors (Lipinski definition) is 6. The third kappa shape index (κ3) is 4.94. The van der Waals surface area contributed by atoms with Crippen molar-refractivity contribution in [3.63, 3.8) is 0 Å². The molecule has 1 aromatic carbocycles. The van der Waals surface area contributed by atoms with E-state index < -0.39 is 17.7 Å². The molecule has 0 aliphatic carbocycles. The number of hydrogen-bond donors (Lipinski definition) is 1. The second-order valence-corrected chi connectivity index (χ2v) is 9.70. The van der Waals surface area contributed by atoms with Crippen molar-refractivity contribution in [2.45, 2.75) is 31.7 Å². The van der Waals surface area contributed by atoms with Crippen LogP contribution < -0.4 is 0 Å². The predicted octanol–water partition coefficient (Wildman–Crippen LogP) is 5.73. The first-order chi connectivity index (χ1) is 18.7. The number of amidine groups is 1. The fourth-order valence-corrected chi connectivity index (χ4v) is 5.31. The lowest BCUT2D eigenvalue weighted by Gasteiger charge is -2.37. The summed E-state index contributed by atoms with van der Waals surface area (Å²) in [6.07, 6.45) is 4.34. The molecule has 5 rings (SSSR count). The molecule has 0 bridgehead atoms. The number of aromatic nitrogens is 3. The SMILES string of the molecule is C=C1N=C(c2ccn(C)n2)N([C@@H](CC)c2cc(F)cc(F)c2)C(O)=C1C(=C)N1CCC(c2ncccc2F)C1. The van der Waals surface area contributed by atoms with Gasteiger partial charge in [0.05, 0.1) is 23.0 Å². The van der Waals surface area contributed by atoms with Crippen LogP contribution in [0.2, 0.25) is 0 Å². The molecule has 39 heavy (non-hydrogen) atoms. The minimum atomic E-state index is -0.723. The van der Waals surface area contributed by atoms with Crippen LogP contribution in [0.4, 0.5) is 13.2 Å². The number of rotatable bonds is 7. The number of aryl methyl sites for hydroxylation is 1. The van der Waals surface area contributed by atoms with Gasteiger partial charge in [-0.3, -0.25) is 14.6 Å². The van der Waals surface area contributed by atoms with Crippen LogP contribution in [0, 0.1) is 17.5 Å². The Balaban J connectivity index is 1.54. The molecule has 4 heterocycles. The highest BCUT2D eigenvalue weighted by molar-refractivity contribution is 6.00. The maximum Gasteiger partial charge on any atom is 0.205 e. The van der Waals surface area contributed by atoms with Gasteiger partial charge in [0.25, 0.3) is 0 Å². The van der Waals surface area contributed by atoms with Crippen molar-refractivity contribution in [1.82, 2.24) is 24.6 Å². The number of nitrogens with zero attached hydrogens (tertiary/aromatic N) is 6. The van der Waals surface area contributed by atoms with Crippen molar-refractivity contribution in [2.75, 3.05) is 13.1 Å². The number of likely N-dealkylation sites (tertiary alicyclic amines) is 1. The summed E-state index contributed by atoms with van der Waals surface area (Å²) in [7, 11) is 1.75.